The topological polar surface area (TPSA) is 119 Å². The Morgan fingerprint density at radius 1 is 1.34 bits per heavy atom. The number of primary amides is 1. The second kappa shape index (κ2) is 8.22. The molecule has 2 aromatic heterocycles. The van der Waals surface area contributed by atoms with E-state index in [1.165, 1.54) is 16.2 Å². The smallest absolute Gasteiger partial charge is 0.252 e. The third-order valence-corrected chi connectivity index (χ3v) is 5.66. The van der Waals surface area contributed by atoms with Gasteiger partial charge in [0.1, 0.15) is 23.7 Å². The summed E-state index contributed by atoms with van der Waals surface area (Å²) in [4.78, 5) is 31.5. The van der Waals surface area contributed by atoms with Crippen molar-refractivity contribution in [3.05, 3.63) is 45.1 Å². The van der Waals surface area contributed by atoms with E-state index in [0.29, 0.717) is 28.0 Å². The molecule has 0 aliphatic rings. The van der Waals surface area contributed by atoms with Crippen LogP contribution < -0.4 is 10.5 Å². The lowest BCUT2D eigenvalue weighted by Gasteiger charge is -2.22. The summed E-state index contributed by atoms with van der Waals surface area (Å²) in [5.74, 6) is -1.22. The Morgan fingerprint density at radius 2 is 2.07 bits per heavy atom. The molecule has 2 amide bonds. The van der Waals surface area contributed by atoms with E-state index in [-0.39, 0.29) is 18.1 Å². The maximum absolute atomic E-state index is 12.8. The summed E-state index contributed by atoms with van der Waals surface area (Å²) >= 11 is 1.46. The fourth-order valence-electron chi connectivity index (χ4n) is 3.30. The standard InChI is InChI=1S/C20H23N3O5S/c1-10-15(29-9-22-10)8-27-13-5-6-14-18(16(19(21)25)11(2)28-14)17(13)12(7-24)20(26)23(3)4/h5-6,9,12,24H,7-8H2,1-4H3,(H2,21,25). The van der Waals surface area contributed by atoms with Crippen molar-refractivity contribution in [3.63, 3.8) is 0 Å². The maximum atomic E-state index is 12.8. The SMILES string of the molecule is Cc1ncsc1COc1ccc2oc(C)c(C(N)=O)c2c1C(CO)C(=O)N(C)C. The van der Waals surface area contributed by atoms with Gasteiger partial charge in [0.2, 0.25) is 5.91 Å². The molecular formula is C20H23N3O5S. The van der Waals surface area contributed by atoms with Crippen LogP contribution in [0.5, 0.6) is 5.75 Å². The van der Waals surface area contributed by atoms with Crippen LogP contribution in [0.2, 0.25) is 0 Å². The molecule has 0 bridgehead atoms. The maximum Gasteiger partial charge on any atom is 0.252 e. The zero-order chi connectivity index (χ0) is 21.3. The molecule has 0 spiro atoms. The normalized spacial score (nSPS) is 12.2. The number of rotatable bonds is 7. The first-order valence-corrected chi connectivity index (χ1v) is 9.83. The Hall–Kier alpha value is -2.91. The van der Waals surface area contributed by atoms with Crippen LogP contribution in [-0.2, 0) is 11.4 Å². The number of benzene rings is 1. The molecule has 3 rings (SSSR count). The van der Waals surface area contributed by atoms with Crippen LogP contribution in [0.3, 0.4) is 0 Å². The number of likely N-dealkylation sites (N-methyl/N-ethyl adjacent to an activating group) is 1. The van der Waals surface area contributed by atoms with Gasteiger partial charge in [-0.2, -0.15) is 0 Å². The fourth-order valence-corrected chi connectivity index (χ4v) is 3.98. The van der Waals surface area contributed by atoms with Crippen molar-refractivity contribution in [1.82, 2.24) is 9.88 Å². The molecule has 0 saturated heterocycles. The number of thiazole rings is 1. The molecule has 3 aromatic rings. The number of aliphatic hydroxyl groups excluding tert-OH is 1. The lowest BCUT2D eigenvalue weighted by atomic mass is 9.91. The largest absolute Gasteiger partial charge is 0.488 e. The van der Waals surface area contributed by atoms with Gasteiger partial charge in [-0.05, 0) is 26.0 Å². The molecule has 0 saturated carbocycles. The number of aliphatic hydroxyl groups is 1. The van der Waals surface area contributed by atoms with E-state index in [9.17, 15) is 14.7 Å². The molecule has 0 fully saturated rings. The Labute approximate surface area is 171 Å². The van der Waals surface area contributed by atoms with Crippen LogP contribution in [0.4, 0.5) is 0 Å². The van der Waals surface area contributed by atoms with Crippen LogP contribution in [0.1, 0.15) is 38.2 Å². The number of hydrogen-bond donors (Lipinski definition) is 2. The van der Waals surface area contributed by atoms with Gasteiger partial charge in [0.05, 0.1) is 34.2 Å². The summed E-state index contributed by atoms with van der Waals surface area (Å²) in [5, 5.41) is 10.4. The van der Waals surface area contributed by atoms with Crippen LogP contribution in [0.25, 0.3) is 11.0 Å². The zero-order valence-corrected chi connectivity index (χ0v) is 17.5. The minimum atomic E-state index is -0.943. The summed E-state index contributed by atoms with van der Waals surface area (Å²) in [6, 6.07) is 3.34. The van der Waals surface area contributed by atoms with E-state index >= 15 is 0 Å². The third-order valence-electron chi connectivity index (χ3n) is 4.75. The molecule has 8 nitrogen and oxygen atoms in total. The van der Waals surface area contributed by atoms with Crippen molar-refractivity contribution in [2.75, 3.05) is 20.7 Å². The molecular weight excluding hydrogens is 394 g/mol. The summed E-state index contributed by atoms with van der Waals surface area (Å²) in [7, 11) is 3.20. The number of ether oxygens (including phenoxy) is 1. The number of nitrogens with zero attached hydrogens (tertiary/aromatic N) is 2. The summed E-state index contributed by atoms with van der Waals surface area (Å²) in [6.45, 7) is 3.30. The number of hydrogen-bond acceptors (Lipinski definition) is 7. The van der Waals surface area contributed by atoms with Gasteiger partial charge < -0.3 is 24.9 Å². The molecule has 154 valence electrons. The first kappa shape index (κ1) is 20.8. The highest BCUT2D eigenvalue weighted by Crippen LogP contribution is 2.39. The molecule has 9 heteroatoms. The highest BCUT2D eigenvalue weighted by atomic mass is 32.1. The Morgan fingerprint density at radius 3 is 2.62 bits per heavy atom. The van der Waals surface area contributed by atoms with E-state index in [2.05, 4.69) is 4.98 Å². The summed E-state index contributed by atoms with van der Waals surface area (Å²) in [5.41, 5.74) is 9.14. The average Bonchev–Trinajstić information content (AvgIpc) is 3.22. The molecule has 0 radical (unpaired) electrons. The highest BCUT2D eigenvalue weighted by Gasteiger charge is 2.31. The molecule has 1 aromatic carbocycles. The Kier molecular flexibility index (Phi) is 5.90. The van der Waals surface area contributed by atoms with Crippen LogP contribution in [0.15, 0.2) is 22.1 Å². The molecule has 0 aliphatic carbocycles. The van der Waals surface area contributed by atoms with Gasteiger partial charge in [-0.1, -0.05) is 0 Å². The van der Waals surface area contributed by atoms with Gasteiger partial charge in [-0.25, -0.2) is 4.98 Å². The van der Waals surface area contributed by atoms with Crippen LogP contribution >= 0.6 is 11.3 Å². The summed E-state index contributed by atoms with van der Waals surface area (Å²) in [6.07, 6.45) is 0. The molecule has 0 aliphatic heterocycles. The minimum Gasteiger partial charge on any atom is -0.488 e. The molecule has 1 atom stereocenters. The second-order valence-corrected chi connectivity index (χ2v) is 7.80. The van der Waals surface area contributed by atoms with Crippen molar-refractivity contribution in [2.24, 2.45) is 5.73 Å². The number of nitrogens with two attached hydrogens (primary N) is 1. The van der Waals surface area contributed by atoms with E-state index in [4.69, 9.17) is 14.9 Å². The number of aryl methyl sites for hydroxylation is 2. The van der Waals surface area contributed by atoms with Crippen molar-refractivity contribution < 1.29 is 23.8 Å². The predicted octanol–water partition coefficient (Wildman–Crippen LogP) is 2.35. The monoisotopic (exact) mass is 417 g/mol. The first-order valence-electron chi connectivity index (χ1n) is 8.95. The van der Waals surface area contributed by atoms with Crippen LogP contribution in [-0.4, -0.2) is 47.5 Å². The van der Waals surface area contributed by atoms with E-state index < -0.39 is 18.4 Å². The lowest BCUT2D eigenvalue weighted by molar-refractivity contribution is -0.131. The van der Waals surface area contributed by atoms with E-state index in [0.717, 1.165) is 10.6 Å². The van der Waals surface area contributed by atoms with Crippen molar-refractivity contribution >= 4 is 34.1 Å². The molecule has 1 unspecified atom stereocenters. The lowest BCUT2D eigenvalue weighted by Crippen LogP contribution is -2.31. The Balaban J connectivity index is 2.21. The number of fused-ring (bicyclic) bond motifs is 1. The highest BCUT2D eigenvalue weighted by molar-refractivity contribution is 7.09. The molecule has 3 N–H and O–H groups in total. The van der Waals surface area contributed by atoms with E-state index in [1.54, 1.807) is 38.7 Å². The zero-order valence-electron chi connectivity index (χ0n) is 16.7. The number of carbonyl (C=O) groups is 2. The number of amides is 2. The molecule has 2 heterocycles. The predicted molar refractivity (Wildman–Crippen MR) is 109 cm³/mol. The third kappa shape index (κ3) is 3.83. The first-order chi connectivity index (χ1) is 13.8. The quantitative estimate of drug-likeness (QED) is 0.609. The second-order valence-electron chi connectivity index (χ2n) is 6.87. The average molecular weight is 417 g/mol. The Bertz CT molecular complexity index is 1070. The van der Waals surface area contributed by atoms with Gasteiger partial charge in [0.25, 0.3) is 5.91 Å². The van der Waals surface area contributed by atoms with Gasteiger partial charge in [0.15, 0.2) is 0 Å². The van der Waals surface area contributed by atoms with Crippen molar-refractivity contribution in [1.29, 1.82) is 0 Å². The van der Waals surface area contributed by atoms with Gasteiger partial charge >= 0.3 is 0 Å². The number of aromatic nitrogens is 1. The minimum absolute atomic E-state index is 0.180. The van der Waals surface area contributed by atoms with Gasteiger partial charge in [0, 0.05) is 25.0 Å². The van der Waals surface area contributed by atoms with Crippen molar-refractivity contribution in [3.8, 4) is 5.75 Å². The van der Waals surface area contributed by atoms with Crippen molar-refractivity contribution in [2.45, 2.75) is 26.4 Å². The number of furan rings is 1. The van der Waals surface area contributed by atoms with E-state index in [1.807, 2.05) is 6.92 Å². The van der Waals surface area contributed by atoms with Gasteiger partial charge in [-0.3, -0.25) is 9.59 Å². The fraction of sp³-hybridized carbons (Fsp3) is 0.350. The summed E-state index contributed by atoms with van der Waals surface area (Å²) < 4.78 is 11.7. The van der Waals surface area contributed by atoms with Gasteiger partial charge in [-0.15, -0.1) is 11.3 Å². The number of carbonyl (C=O) groups excluding carboxylic acids is 2. The van der Waals surface area contributed by atoms with Crippen LogP contribution in [0, 0.1) is 13.8 Å². The molecule has 29 heavy (non-hydrogen) atoms.